The Labute approximate surface area is 109 Å². The number of rotatable bonds is 4. The van der Waals surface area contributed by atoms with Crippen molar-refractivity contribution >= 4 is 17.5 Å². The lowest BCUT2D eigenvalue weighted by molar-refractivity contribution is -0.139. The zero-order valence-corrected chi connectivity index (χ0v) is 11.7. The van der Waals surface area contributed by atoms with Crippen LogP contribution in [0.3, 0.4) is 0 Å². The summed E-state index contributed by atoms with van der Waals surface area (Å²) in [6.45, 7) is 6.53. The molecule has 0 bridgehead atoms. The van der Waals surface area contributed by atoms with Crippen LogP contribution in [-0.4, -0.2) is 17.9 Å². The molecule has 17 heavy (non-hydrogen) atoms. The van der Waals surface area contributed by atoms with E-state index in [2.05, 4.69) is 0 Å². The Balaban J connectivity index is 2.77. The summed E-state index contributed by atoms with van der Waals surface area (Å²) >= 11 is 6.08. The van der Waals surface area contributed by atoms with Crippen molar-refractivity contribution in [2.75, 3.05) is 7.05 Å². The monoisotopic (exact) mass is 253 g/mol. The summed E-state index contributed by atoms with van der Waals surface area (Å²) in [4.78, 5) is 13.9. The molecule has 0 aromatic heterocycles. The van der Waals surface area contributed by atoms with E-state index in [0.29, 0.717) is 11.6 Å². The van der Waals surface area contributed by atoms with Crippen molar-refractivity contribution in [2.45, 2.75) is 33.7 Å². The fourth-order valence-electron chi connectivity index (χ4n) is 1.62. The minimum Gasteiger partial charge on any atom is -0.341 e. The Morgan fingerprint density at radius 2 is 1.94 bits per heavy atom. The number of nitrogens with zero attached hydrogens (tertiary/aromatic N) is 1. The third kappa shape index (κ3) is 3.47. The van der Waals surface area contributed by atoms with Gasteiger partial charge in [-0.15, -0.1) is 0 Å². The van der Waals surface area contributed by atoms with Gasteiger partial charge in [-0.3, -0.25) is 4.79 Å². The third-order valence-electron chi connectivity index (χ3n) is 3.17. The third-order valence-corrected chi connectivity index (χ3v) is 3.54. The van der Waals surface area contributed by atoms with Crippen molar-refractivity contribution in [3.63, 3.8) is 0 Å². The molecular weight excluding hydrogens is 234 g/mol. The van der Waals surface area contributed by atoms with Gasteiger partial charge >= 0.3 is 0 Å². The van der Waals surface area contributed by atoms with Crippen molar-refractivity contribution in [1.82, 2.24) is 4.90 Å². The van der Waals surface area contributed by atoms with Gasteiger partial charge in [-0.1, -0.05) is 50.6 Å². The quantitative estimate of drug-likeness (QED) is 0.801. The van der Waals surface area contributed by atoms with Crippen LogP contribution in [0.1, 0.15) is 32.8 Å². The lowest BCUT2D eigenvalue weighted by Gasteiger charge is -2.28. The van der Waals surface area contributed by atoms with Gasteiger partial charge in [0.15, 0.2) is 0 Å². The Morgan fingerprint density at radius 3 is 2.47 bits per heavy atom. The van der Waals surface area contributed by atoms with Crippen LogP contribution in [0.15, 0.2) is 24.3 Å². The molecule has 1 aromatic rings. The molecule has 0 aliphatic heterocycles. The molecule has 3 heteroatoms. The highest BCUT2D eigenvalue weighted by molar-refractivity contribution is 6.31. The molecule has 1 aromatic carbocycles. The SMILES string of the molecule is CCC(C)(C)C(=O)N(C)Cc1ccccc1Cl. The summed E-state index contributed by atoms with van der Waals surface area (Å²) in [6.07, 6.45) is 0.832. The summed E-state index contributed by atoms with van der Waals surface area (Å²) in [6, 6.07) is 7.62. The summed E-state index contributed by atoms with van der Waals surface area (Å²) in [5.74, 6) is 0.153. The average Bonchev–Trinajstić information content (AvgIpc) is 2.31. The van der Waals surface area contributed by atoms with Gasteiger partial charge < -0.3 is 4.90 Å². The lowest BCUT2D eigenvalue weighted by atomic mass is 9.88. The van der Waals surface area contributed by atoms with Crippen LogP contribution in [0.4, 0.5) is 0 Å². The summed E-state index contributed by atoms with van der Waals surface area (Å²) in [7, 11) is 1.82. The van der Waals surface area contributed by atoms with Gasteiger partial charge in [-0.2, -0.15) is 0 Å². The zero-order chi connectivity index (χ0) is 13.1. The van der Waals surface area contributed by atoms with Crippen molar-refractivity contribution in [3.05, 3.63) is 34.9 Å². The number of hydrogen-bond acceptors (Lipinski definition) is 1. The molecule has 0 radical (unpaired) electrons. The number of benzene rings is 1. The highest BCUT2D eigenvalue weighted by Gasteiger charge is 2.28. The van der Waals surface area contributed by atoms with E-state index >= 15 is 0 Å². The number of hydrogen-bond donors (Lipinski definition) is 0. The molecule has 0 fully saturated rings. The predicted molar refractivity (Wildman–Crippen MR) is 72.0 cm³/mol. The van der Waals surface area contributed by atoms with Gasteiger partial charge in [-0.25, -0.2) is 0 Å². The standard InChI is InChI=1S/C14H20ClNO/c1-5-14(2,3)13(17)16(4)10-11-8-6-7-9-12(11)15/h6-9H,5,10H2,1-4H3. The predicted octanol–water partition coefficient (Wildman–Crippen LogP) is 3.73. The molecule has 1 amide bonds. The molecule has 1 rings (SSSR count). The molecule has 0 heterocycles. The normalized spacial score (nSPS) is 11.4. The van der Waals surface area contributed by atoms with E-state index in [1.54, 1.807) is 4.90 Å². The van der Waals surface area contributed by atoms with Crippen LogP contribution in [0.2, 0.25) is 5.02 Å². The largest absolute Gasteiger partial charge is 0.341 e. The molecule has 0 N–H and O–H groups in total. The molecule has 0 saturated heterocycles. The first-order valence-electron chi connectivity index (χ1n) is 5.87. The first-order chi connectivity index (χ1) is 7.88. The van der Waals surface area contributed by atoms with Crippen LogP contribution in [-0.2, 0) is 11.3 Å². The Bertz CT molecular complexity index is 401. The van der Waals surface area contributed by atoms with Gasteiger partial charge in [0.1, 0.15) is 0 Å². The number of carbonyl (C=O) groups is 1. The maximum atomic E-state index is 12.2. The zero-order valence-electron chi connectivity index (χ0n) is 11.0. The minimum atomic E-state index is -0.310. The van der Waals surface area contributed by atoms with Gasteiger partial charge in [0, 0.05) is 24.0 Å². The van der Waals surface area contributed by atoms with Gasteiger partial charge in [0.05, 0.1) is 0 Å². The molecule has 0 spiro atoms. The van der Waals surface area contributed by atoms with Crippen LogP contribution in [0, 0.1) is 5.41 Å². The van der Waals surface area contributed by atoms with E-state index < -0.39 is 0 Å². The molecule has 0 saturated carbocycles. The topological polar surface area (TPSA) is 20.3 Å². The van der Waals surface area contributed by atoms with E-state index in [9.17, 15) is 4.79 Å². The van der Waals surface area contributed by atoms with E-state index in [0.717, 1.165) is 12.0 Å². The van der Waals surface area contributed by atoms with Crippen LogP contribution >= 0.6 is 11.6 Å². The highest BCUT2D eigenvalue weighted by Crippen LogP contribution is 2.24. The summed E-state index contributed by atoms with van der Waals surface area (Å²) < 4.78 is 0. The van der Waals surface area contributed by atoms with Crippen LogP contribution < -0.4 is 0 Å². The first kappa shape index (κ1) is 14.0. The molecule has 94 valence electrons. The first-order valence-corrected chi connectivity index (χ1v) is 6.25. The van der Waals surface area contributed by atoms with E-state index in [4.69, 9.17) is 11.6 Å². The van der Waals surface area contributed by atoms with Crippen molar-refractivity contribution in [1.29, 1.82) is 0 Å². The van der Waals surface area contributed by atoms with Gasteiger partial charge in [0.2, 0.25) is 5.91 Å². The van der Waals surface area contributed by atoms with Gasteiger partial charge in [0.25, 0.3) is 0 Å². The second kappa shape index (κ2) is 5.54. The molecule has 0 aliphatic carbocycles. The summed E-state index contributed by atoms with van der Waals surface area (Å²) in [5.41, 5.74) is 0.674. The molecule has 0 atom stereocenters. The van der Waals surface area contributed by atoms with E-state index in [-0.39, 0.29) is 11.3 Å². The Morgan fingerprint density at radius 1 is 1.35 bits per heavy atom. The van der Waals surface area contributed by atoms with Gasteiger partial charge in [-0.05, 0) is 18.1 Å². The molecule has 0 unspecified atom stereocenters. The van der Waals surface area contributed by atoms with Crippen molar-refractivity contribution in [2.24, 2.45) is 5.41 Å². The lowest BCUT2D eigenvalue weighted by Crippen LogP contribution is -2.37. The fourth-order valence-corrected chi connectivity index (χ4v) is 1.82. The van der Waals surface area contributed by atoms with Crippen LogP contribution in [0.25, 0.3) is 0 Å². The number of amides is 1. The Kier molecular flexibility index (Phi) is 4.58. The van der Waals surface area contributed by atoms with E-state index in [1.807, 2.05) is 52.1 Å². The van der Waals surface area contributed by atoms with Crippen molar-refractivity contribution < 1.29 is 4.79 Å². The minimum absolute atomic E-state index is 0.153. The highest BCUT2D eigenvalue weighted by atomic mass is 35.5. The number of halogens is 1. The molecular formula is C14H20ClNO. The second-order valence-electron chi connectivity index (χ2n) is 4.99. The maximum Gasteiger partial charge on any atom is 0.228 e. The second-order valence-corrected chi connectivity index (χ2v) is 5.40. The maximum absolute atomic E-state index is 12.2. The van der Waals surface area contributed by atoms with E-state index in [1.165, 1.54) is 0 Å². The molecule has 2 nitrogen and oxygen atoms in total. The molecule has 0 aliphatic rings. The number of carbonyl (C=O) groups excluding carboxylic acids is 1. The summed E-state index contributed by atoms with van der Waals surface area (Å²) in [5, 5.41) is 0.710. The Hall–Kier alpha value is -1.02. The van der Waals surface area contributed by atoms with Crippen LogP contribution in [0.5, 0.6) is 0 Å². The fraction of sp³-hybridized carbons (Fsp3) is 0.500. The average molecular weight is 254 g/mol. The van der Waals surface area contributed by atoms with Crippen molar-refractivity contribution in [3.8, 4) is 0 Å². The smallest absolute Gasteiger partial charge is 0.228 e.